The number of hydrogen-bond donors (Lipinski definition) is 3. The minimum absolute atomic E-state index is 0.0357. The largest absolute Gasteiger partial charge is 0.511 e. The Hall–Kier alpha value is -1.69. The van der Waals surface area contributed by atoms with E-state index in [9.17, 15) is 14.7 Å². The molecular formula is C17H26N2O4. The van der Waals surface area contributed by atoms with E-state index in [2.05, 4.69) is 10.3 Å². The summed E-state index contributed by atoms with van der Waals surface area (Å²) < 4.78 is 0. The summed E-state index contributed by atoms with van der Waals surface area (Å²) in [7, 11) is 0. The van der Waals surface area contributed by atoms with E-state index >= 15 is 0 Å². The highest BCUT2D eigenvalue weighted by Gasteiger charge is 2.41. The van der Waals surface area contributed by atoms with Crippen molar-refractivity contribution < 1.29 is 19.8 Å². The first-order valence-electron chi connectivity index (χ1n) is 8.17. The summed E-state index contributed by atoms with van der Waals surface area (Å²) in [5, 5.41) is 21.8. The highest BCUT2D eigenvalue weighted by molar-refractivity contribution is 6.22. The van der Waals surface area contributed by atoms with Crippen molar-refractivity contribution in [3.8, 4) is 0 Å². The lowest BCUT2D eigenvalue weighted by atomic mass is 9.76. The maximum atomic E-state index is 12.2. The van der Waals surface area contributed by atoms with Gasteiger partial charge in [-0.25, -0.2) is 0 Å². The first-order chi connectivity index (χ1) is 10.7. The van der Waals surface area contributed by atoms with Crippen molar-refractivity contribution in [3.63, 3.8) is 0 Å². The van der Waals surface area contributed by atoms with Crippen LogP contribution in [0.25, 0.3) is 0 Å². The molecule has 0 aromatic carbocycles. The summed E-state index contributed by atoms with van der Waals surface area (Å²) in [6, 6.07) is -0.294. The summed E-state index contributed by atoms with van der Waals surface area (Å²) in [5.74, 6) is -0.671. The number of rotatable bonds is 7. The van der Waals surface area contributed by atoms with Crippen LogP contribution in [0.2, 0.25) is 0 Å². The number of aliphatic hydroxyl groups is 1. The third kappa shape index (κ3) is 4.64. The van der Waals surface area contributed by atoms with Gasteiger partial charge in [-0.15, -0.1) is 0 Å². The third-order valence-corrected chi connectivity index (χ3v) is 4.44. The molecule has 0 saturated carbocycles. The smallest absolute Gasteiger partial charge is 0.322 e. The molecule has 6 heteroatoms. The van der Waals surface area contributed by atoms with Crippen molar-refractivity contribution in [1.82, 2.24) is 5.32 Å². The maximum Gasteiger partial charge on any atom is 0.322 e. The lowest BCUT2D eigenvalue weighted by molar-refractivity contribution is -0.136. The summed E-state index contributed by atoms with van der Waals surface area (Å²) in [6.45, 7) is 6.30. The second-order valence-corrected chi connectivity index (χ2v) is 7.31. The number of Topliss-reactive ketones (excluding diaryl/α,β-unsaturated/α-hetero) is 1. The quantitative estimate of drug-likeness (QED) is 0.378. The number of aliphatic carboxylic acids is 1. The second-order valence-electron chi connectivity index (χ2n) is 7.31. The molecule has 1 saturated heterocycles. The number of aliphatic hydroxyl groups excluding tert-OH is 1. The Labute approximate surface area is 136 Å². The zero-order chi connectivity index (χ0) is 17.2. The lowest BCUT2D eigenvalue weighted by Gasteiger charge is -2.29. The average Bonchev–Trinajstić information content (AvgIpc) is 3.15. The van der Waals surface area contributed by atoms with Crippen molar-refractivity contribution in [2.45, 2.75) is 65.0 Å². The highest BCUT2D eigenvalue weighted by Crippen LogP contribution is 2.36. The van der Waals surface area contributed by atoms with Gasteiger partial charge in [0.15, 0.2) is 5.78 Å². The van der Waals surface area contributed by atoms with Crippen molar-refractivity contribution in [3.05, 3.63) is 11.3 Å². The van der Waals surface area contributed by atoms with Crippen molar-refractivity contribution >= 4 is 17.5 Å². The Kier molecular flexibility index (Phi) is 5.24. The number of carbonyl (C=O) groups excluding carboxylic acids is 1. The van der Waals surface area contributed by atoms with Crippen LogP contribution >= 0.6 is 0 Å². The number of carboxylic acids is 1. The molecule has 0 bridgehead atoms. The van der Waals surface area contributed by atoms with E-state index in [-0.39, 0.29) is 29.0 Å². The molecular weight excluding hydrogens is 296 g/mol. The van der Waals surface area contributed by atoms with Gasteiger partial charge in [-0.1, -0.05) is 13.8 Å². The first-order valence-corrected chi connectivity index (χ1v) is 8.17. The zero-order valence-electron chi connectivity index (χ0n) is 14.1. The van der Waals surface area contributed by atoms with Gasteiger partial charge in [-0.2, -0.15) is 0 Å². The topological polar surface area (TPSA) is 109 Å². The zero-order valence-corrected chi connectivity index (χ0v) is 14.1. The fourth-order valence-electron chi connectivity index (χ4n) is 3.17. The van der Waals surface area contributed by atoms with Crippen LogP contribution in [0.15, 0.2) is 16.3 Å². The van der Waals surface area contributed by atoms with Crippen LogP contribution in [0.3, 0.4) is 0 Å². The lowest BCUT2D eigenvalue weighted by Crippen LogP contribution is -2.28. The number of carbonyl (C=O) groups is 2. The SMILES string of the molecule is CC(=NCCCCC1NC1C(=O)O)C1=C(O)CC(C)(C)CC1=O. The molecule has 1 aliphatic heterocycles. The molecule has 2 aliphatic rings. The first kappa shape index (κ1) is 17.7. The maximum absolute atomic E-state index is 12.2. The molecule has 0 amide bonds. The van der Waals surface area contributed by atoms with Gasteiger partial charge in [-0.3, -0.25) is 19.9 Å². The van der Waals surface area contributed by atoms with Crippen LogP contribution in [0.4, 0.5) is 0 Å². The van der Waals surface area contributed by atoms with E-state index in [1.165, 1.54) is 0 Å². The summed E-state index contributed by atoms with van der Waals surface area (Å²) in [4.78, 5) is 27.3. The predicted molar refractivity (Wildman–Crippen MR) is 87.9 cm³/mol. The van der Waals surface area contributed by atoms with E-state index in [0.29, 0.717) is 30.7 Å². The number of nitrogens with zero attached hydrogens (tertiary/aromatic N) is 1. The number of hydrogen-bond acceptors (Lipinski definition) is 5. The average molecular weight is 322 g/mol. The molecule has 6 nitrogen and oxygen atoms in total. The van der Waals surface area contributed by atoms with Crippen LogP contribution in [0.1, 0.15) is 52.9 Å². The Balaban J connectivity index is 1.79. The Morgan fingerprint density at radius 1 is 1.35 bits per heavy atom. The normalized spacial score (nSPS) is 27.3. The van der Waals surface area contributed by atoms with Gasteiger partial charge in [0.1, 0.15) is 11.8 Å². The molecule has 2 atom stereocenters. The fourth-order valence-corrected chi connectivity index (χ4v) is 3.17. The monoisotopic (exact) mass is 322 g/mol. The molecule has 128 valence electrons. The van der Waals surface area contributed by atoms with Gasteiger partial charge in [0.25, 0.3) is 0 Å². The van der Waals surface area contributed by atoms with Crippen molar-refractivity contribution in [1.29, 1.82) is 0 Å². The fraction of sp³-hybridized carbons (Fsp3) is 0.706. The van der Waals surface area contributed by atoms with Crippen molar-refractivity contribution in [2.75, 3.05) is 6.54 Å². The molecule has 1 aliphatic carbocycles. The van der Waals surface area contributed by atoms with Gasteiger partial charge in [-0.05, 0) is 31.6 Å². The van der Waals surface area contributed by atoms with Crippen LogP contribution in [0, 0.1) is 5.41 Å². The van der Waals surface area contributed by atoms with Crippen LogP contribution < -0.4 is 5.32 Å². The van der Waals surface area contributed by atoms with Gasteiger partial charge < -0.3 is 10.2 Å². The summed E-state index contributed by atoms with van der Waals surface area (Å²) in [6.07, 6.45) is 3.50. The molecule has 2 unspecified atom stereocenters. The molecule has 0 radical (unpaired) electrons. The standard InChI is InChI=1S/C17H26N2O4/c1-10(14-12(20)8-17(2,3)9-13(14)21)18-7-5-4-6-11-15(19-11)16(22)23/h11,15,19-20H,4-9H2,1-3H3,(H,22,23). The van der Waals surface area contributed by atoms with E-state index in [0.717, 1.165) is 19.3 Å². The number of unbranched alkanes of at least 4 members (excludes halogenated alkanes) is 1. The number of nitrogens with one attached hydrogen (secondary N) is 1. The predicted octanol–water partition coefficient (Wildman–Crippen LogP) is 2.24. The minimum atomic E-state index is -0.787. The van der Waals surface area contributed by atoms with Crippen LogP contribution in [0.5, 0.6) is 0 Å². The molecule has 0 spiro atoms. The molecule has 0 aromatic heterocycles. The second kappa shape index (κ2) is 6.83. The third-order valence-electron chi connectivity index (χ3n) is 4.44. The minimum Gasteiger partial charge on any atom is -0.511 e. The van der Waals surface area contributed by atoms with Gasteiger partial charge in [0, 0.05) is 31.1 Å². The summed E-state index contributed by atoms with van der Waals surface area (Å²) in [5.41, 5.74) is 0.804. The van der Waals surface area contributed by atoms with Gasteiger partial charge in [0.05, 0.1) is 5.57 Å². The van der Waals surface area contributed by atoms with Crippen molar-refractivity contribution in [2.24, 2.45) is 10.4 Å². The summed E-state index contributed by atoms with van der Waals surface area (Å²) >= 11 is 0. The molecule has 3 N–H and O–H groups in total. The van der Waals surface area contributed by atoms with Gasteiger partial charge in [0.2, 0.25) is 0 Å². The molecule has 1 heterocycles. The van der Waals surface area contributed by atoms with Crippen LogP contribution in [-0.2, 0) is 9.59 Å². The molecule has 0 aromatic rings. The highest BCUT2D eigenvalue weighted by atomic mass is 16.4. The van der Waals surface area contributed by atoms with Gasteiger partial charge >= 0.3 is 5.97 Å². The number of carboxylic acid groups (broad SMARTS) is 1. The van der Waals surface area contributed by atoms with E-state index in [4.69, 9.17) is 5.11 Å². The van der Waals surface area contributed by atoms with E-state index in [1.54, 1.807) is 6.92 Å². The molecule has 23 heavy (non-hydrogen) atoms. The Bertz CT molecular complexity index is 563. The number of ketones is 1. The molecule has 1 fully saturated rings. The number of aliphatic imine (C=N–C) groups is 1. The van der Waals surface area contributed by atoms with E-state index < -0.39 is 5.97 Å². The van der Waals surface area contributed by atoms with Crippen LogP contribution in [-0.4, -0.2) is 46.3 Å². The molecule has 2 rings (SSSR count). The Morgan fingerprint density at radius 2 is 2.04 bits per heavy atom. The Morgan fingerprint density at radius 3 is 2.61 bits per heavy atom. The van der Waals surface area contributed by atoms with E-state index in [1.807, 2.05) is 13.8 Å². The number of allylic oxidation sites excluding steroid dienone is 2.